The van der Waals surface area contributed by atoms with Crippen molar-refractivity contribution in [2.45, 2.75) is 6.54 Å². The van der Waals surface area contributed by atoms with Crippen LogP contribution in [0.4, 0.5) is 5.95 Å². The molecule has 0 fully saturated rings. The van der Waals surface area contributed by atoms with Gasteiger partial charge in [-0.15, -0.1) is 0 Å². The second kappa shape index (κ2) is 6.58. The van der Waals surface area contributed by atoms with Crippen molar-refractivity contribution in [2.75, 3.05) is 46.7 Å². The van der Waals surface area contributed by atoms with E-state index in [1.165, 1.54) is 0 Å². The minimum absolute atomic E-state index is 0.504. The first-order chi connectivity index (χ1) is 9.61. The van der Waals surface area contributed by atoms with Crippen LogP contribution in [0.2, 0.25) is 0 Å². The Kier molecular flexibility index (Phi) is 4.81. The maximum absolute atomic E-state index is 5.96. The summed E-state index contributed by atoms with van der Waals surface area (Å²) in [4.78, 5) is 6.43. The van der Waals surface area contributed by atoms with Crippen LogP contribution in [0, 0.1) is 0 Å². The normalized spacial score (nSPS) is 11.4. The molecule has 6 heteroatoms. The number of nitrogen functional groups attached to an aromatic ring is 1. The van der Waals surface area contributed by atoms with Gasteiger partial charge in [0.1, 0.15) is 5.75 Å². The SMILES string of the molecule is COc1ccc2nc(N)n(CCOCCN(C)C)c2c1. The summed E-state index contributed by atoms with van der Waals surface area (Å²) in [5.74, 6) is 1.30. The fourth-order valence-electron chi connectivity index (χ4n) is 1.99. The zero-order valence-electron chi connectivity index (χ0n) is 12.3. The average Bonchev–Trinajstić information content (AvgIpc) is 2.73. The van der Waals surface area contributed by atoms with E-state index in [9.17, 15) is 0 Å². The Bertz CT molecular complexity index is 566. The molecule has 2 rings (SSSR count). The highest BCUT2D eigenvalue weighted by atomic mass is 16.5. The number of methoxy groups -OCH3 is 1. The number of likely N-dealkylation sites (N-methyl/N-ethyl adjacent to an activating group) is 1. The Hall–Kier alpha value is -1.79. The van der Waals surface area contributed by atoms with E-state index < -0.39 is 0 Å². The number of hydrogen-bond donors (Lipinski definition) is 1. The van der Waals surface area contributed by atoms with Gasteiger partial charge in [-0.2, -0.15) is 0 Å². The van der Waals surface area contributed by atoms with E-state index in [0.29, 0.717) is 25.7 Å². The van der Waals surface area contributed by atoms with Crippen LogP contribution in [0.1, 0.15) is 0 Å². The minimum Gasteiger partial charge on any atom is -0.497 e. The predicted molar refractivity (Wildman–Crippen MR) is 80.1 cm³/mol. The number of hydrogen-bond acceptors (Lipinski definition) is 5. The molecule has 2 N–H and O–H groups in total. The first kappa shape index (κ1) is 14.6. The topological polar surface area (TPSA) is 65.5 Å². The van der Waals surface area contributed by atoms with E-state index in [1.807, 2.05) is 36.9 Å². The Balaban J connectivity index is 2.03. The molecule has 0 atom stereocenters. The zero-order valence-corrected chi connectivity index (χ0v) is 12.3. The average molecular weight is 278 g/mol. The summed E-state index contributed by atoms with van der Waals surface area (Å²) in [6.07, 6.45) is 0. The Morgan fingerprint density at radius 1 is 1.30 bits per heavy atom. The Morgan fingerprint density at radius 3 is 2.80 bits per heavy atom. The molecule has 0 aliphatic heterocycles. The van der Waals surface area contributed by atoms with Crippen LogP contribution >= 0.6 is 0 Å². The third kappa shape index (κ3) is 3.40. The van der Waals surface area contributed by atoms with Gasteiger partial charge in [0, 0.05) is 19.2 Å². The second-order valence-corrected chi connectivity index (χ2v) is 4.89. The number of rotatable bonds is 7. The molecular formula is C14H22N4O2. The highest BCUT2D eigenvalue weighted by Crippen LogP contribution is 2.22. The molecule has 0 saturated carbocycles. The van der Waals surface area contributed by atoms with Crippen molar-refractivity contribution in [1.29, 1.82) is 0 Å². The molecule has 0 aliphatic rings. The van der Waals surface area contributed by atoms with Gasteiger partial charge in [-0.05, 0) is 26.2 Å². The summed E-state index contributed by atoms with van der Waals surface area (Å²) in [6, 6.07) is 5.74. The van der Waals surface area contributed by atoms with E-state index in [4.69, 9.17) is 15.2 Å². The number of fused-ring (bicyclic) bond motifs is 1. The number of nitrogens with zero attached hydrogens (tertiary/aromatic N) is 3. The summed E-state index contributed by atoms with van der Waals surface area (Å²) in [5, 5.41) is 0. The van der Waals surface area contributed by atoms with Gasteiger partial charge in [-0.1, -0.05) is 0 Å². The van der Waals surface area contributed by atoms with Gasteiger partial charge in [0.25, 0.3) is 0 Å². The molecule has 0 aliphatic carbocycles. The van der Waals surface area contributed by atoms with Gasteiger partial charge in [0.15, 0.2) is 0 Å². The third-order valence-corrected chi connectivity index (χ3v) is 3.13. The number of aromatic nitrogens is 2. The van der Waals surface area contributed by atoms with E-state index >= 15 is 0 Å². The Morgan fingerprint density at radius 2 is 2.10 bits per heavy atom. The number of benzene rings is 1. The van der Waals surface area contributed by atoms with Crippen molar-refractivity contribution in [3.63, 3.8) is 0 Å². The molecular weight excluding hydrogens is 256 g/mol. The molecule has 0 bridgehead atoms. The first-order valence-electron chi connectivity index (χ1n) is 6.64. The standard InChI is InChI=1S/C14H22N4O2/c1-17(2)6-8-20-9-7-18-13-10-11(19-3)4-5-12(13)16-14(18)15/h4-5,10H,6-9H2,1-3H3,(H2,15,16). The highest BCUT2D eigenvalue weighted by molar-refractivity contribution is 5.79. The second-order valence-electron chi connectivity index (χ2n) is 4.89. The van der Waals surface area contributed by atoms with Crippen LogP contribution in [0.3, 0.4) is 0 Å². The molecule has 0 amide bonds. The van der Waals surface area contributed by atoms with E-state index in [-0.39, 0.29) is 0 Å². The highest BCUT2D eigenvalue weighted by Gasteiger charge is 2.08. The van der Waals surface area contributed by atoms with Crippen molar-refractivity contribution in [3.05, 3.63) is 18.2 Å². The molecule has 1 aromatic carbocycles. The van der Waals surface area contributed by atoms with E-state index in [2.05, 4.69) is 9.88 Å². The van der Waals surface area contributed by atoms with E-state index in [1.54, 1.807) is 7.11 Å². The van der Waals surface area contributed by atoms with Crippen LogP contribution in [0.5, 0.6) is 5.75 Å². The number of imidazole rings is 1. The smallest absolute Gasteiger partial charge is 0.201 e. The van der Waals surface area contributed by atoms with Gasteiger partial charge < -0.3 is 24.7 Å². The fourth-order valence-corrected chi connectivity index (χ4v) is 1.99. The third-order valence-electron chi connectivity index (χ3n) is 3.13. The predicted octanol–water partition coefficient (Wildman–Crippen LogP) is 1.21. The quantitative estimate of drug-likeness (QED) is 0.771. The molecule has 0 spiro atoms. The van der Waals surface area contributed by atoms with Crippen LogP contribution < -0.4 is 10.5 Å². The number of ether oxygens (including phenoxy) is 2. The lowest BCUT2D eigenvalue weighted by molar-refractivity contribution is 0.112. The van der Waals surface area contributed by atoms with E-state index in [0.717, 1.165) is 23.3 Å². The van der Waals surface area contributed by atoms with Crippen molar-refractivity contribution in [3.8, 4) is 5.75 Å². The van der Waals surface area contributed by atoms with Gasteiger partial charge in [-0.25, -0.2) is 4.98 Å². The van der Waals surface area contributed by atoms with Crippen LogP contribution in [-0.4, -0.2) is 55.4 Å². The van der Waals surface area contributed by atoms with Gasteiger partial charge in [-0.3, -0.25) is 0 Å². The lowest BCUT2D eigenvalue weighted by Crippen LogP contribution is -2.19. The molecule has 0 radical (unpaired) electrons. The summed E-state index contributed by atoms with van der Waals surface area (Å²) < 4.78 is 12.8. The van der Waals surface area contributed by atoms with Crippen molar-refractivity contribution >= 4 is 17.0 Å². The van der Waals surface area contributed by atoms with Crippen molar-refractivity contribution < 1.29 is 9.47 Å². The fraction of sp³-hybridized carbons (Fsp3) is 0.500. The Labute approximate surface area is 119 Å². The first-order valence-corrected chi connectivity index (χ1v) is 6.64. The maximum Gasteiger partial charge on any atom is 0.201 e. The monoisotopic (exact) mass is 278 g/mol. The van der Waals surface area contributed by atoms with Crippen LogP contribution in [0.25, 0.3) is 11.0 Å². The molecule has 1 heterocycles. The molecule has 110 valence electrons. The van der Waals surface area contributed by atoms with Gasteiger partial charge in [0.2, 0.25) is 5.95 Å². The van der Waals surface area contributed by atoms with Crippen LogP contribution in [-0.2, 0) is 11.3 Å². The summed E-state index contributed by atoms with van der Waals surface area (Å²) in [7, 11) is 5.70. The zero-order chi connectivity index (χ0) is 14.5. The van der Waals surface area contributed by atoms with Crippen molar-refractivity contribution in [1.82, 2.24) is 14.5 Å². The maximum atomic E-state index is 5.96. The van der Waals surface area contributed by atoms with Gasteiger partial charge in [0.05, 0.1) is 31.4 Å². The lowest BCUT2D eigenvalue weighted by atomic mass is 10.3. The molecule has 0 unspecified atom stereocenters. The largest absolute Gasteiger partial charge is 0.497 e. The number of anilines is 1. The number of nitrogens with two attached hydrogens (primary N) is 1. The summed E-state index contributed by atoms with van der Waals surface area (Å²) >= 11 is 0. The molecule has 1 aromatic heterocycles. The molecule has 0 saturated heterocycles. The molecule has 6 nitrogen and oxygen atoms in total. The molecule has 20 heavy (non-hydrogen) atoms. The van der Waals surface area contributed by atoms with Crippen molar-refractivity contribution in [2.24, 2.45) is 0 Å². The summed E-state index contributed by atoms with van der Waals surface area (Å²) in [5.41, 5.74) is 7.80. The molecule has 2 aromatic rings. The lowest BCUT2D eigenvalue weighted by Gasteiger charge is -2.11. The van der Waals surface area contributed by atoms with Crippen LogP contribution in [0.15, 0.2) is 18.2 Å². The minimum atomic E-state index is 0.504. The summed E-state index contributed by atoms with van der Waals surface area (Å²) in [6.45, 7) is 2.92. The van der Waals surface area contributed by atoms with Gasteiger partial charge >= 0.3 is 0 Å².